The minimum absolute atomic E-state index is 0.165. The molecule has 2 atom stereocenters. The normalized spacial score (nSPS) is 35.1. The Morgan fingerprint density at radius 1 is 1.75 bits per heavy atom. The van der Waals surface area contributed by atoms with Crippen LogP contribution in [0.3, 0.4) is 0 Å². The molecule has 1 aliphatic carbocycles. The first-order valence-corrected chi connectivity index (χ1v) is 4.41. The van der Waals surface area contributed by atoms with Gasteiger partial charge in [0, 0.05) is 0 Å². The van der Waals surface area contributed by atoms with Crippen molar-refractivity contribution in [3.05, 3.63) is 0 Å². The molecule has 0 aliphatic heterocycles. The largest absolute Gasteiger partial charge is 0.469 e. The first-order chi connectivity index (χ1) is 5.64. The Bertz CT molecular complexity index is 179. The molecule has 0 heterocycles. The number of aliphatic hydroxyl groups excluding tert-OH is 1. The van der Waals surface area contributed by atoms with E-state index in [2.05, 4.69) is 0 Å². The quantitative estimate of drug-likeness (QED) is 0.634. The molecule has 0 aromatic heterocycles. The predicted octanol–water partition coefficient (Wildman–Crippen LogP) is 1.10. The number of hydrogen-bond donors (Lipinski definition) is 1. The van der Waals surface area contributed by atoms with E-state index in [1.807, 2.05) is 6.92 Å². The zero-order chi connectivity index (χ0) is 9.19. The summed E-state index contributed by atoms with van der Waals surface area (Å²) in [6, 6.07) is 0. The van der Waals surface area contributed by atoms with Crippen LogP contribution in [0.15, 0.2) is 0 Å². The van der Waals surface area contributed by atoms with Gasteiger partial charge in [-0.3, -0.25) is 4.79 Å². The van der Waals surface area contributed by atoms with E-state index in [1.54, 1.807) is 0 Å². The fourth-order valence-corrected chi connectivity index (χ4v) is 1.97. The average Bonchev–Trinajstić information content (AvgIpc) is 2.47. The third-order valence-electron chi connectivity index (χ3n) is 2.88. The van der Waals surface area contributed by atoms with Gasteiger partial charge in [-0.1, -0.05) is 6.92 Å². The summed E-state index contributed by atoms with van der Waals surface area (Å²) in [4.78, 5) is 11.4. The lowest BCUT2D eigenvalue weighted by Crippen LogP contribution is -2.29. The van der Waals surface area contributed by atoms with Crippen LogP contribution in [0.2, 0.25) is 0 Å². The third-order valence-corrected chi connectivity index (χ3v) is 2.88. The number of aliphatic hydroxyl groups is 1. The Balaban J connectivity index is 2.70. The van der Waals surface area contributed by atoms with Crippen molar-refractivity contribution in [2.45, 2.75) is 38.7 Å². The van der Waals surface area contributed by atoms with Crippen LogP contribution in [-0.2, 0) is 9.53 Å². The molecule has 1 aliphatic rings. The third kappa shape index (κ3) is 1.46. The highest BCUT2D eigenvalue weighted by Gasteiger charge is 2.44. The maximum Gasteiger partial charge on any atom is 0.311 e. The standard InChI is InChI=1S/C9H16O3/c1-3-9(8(11)12-2)5-4-7(10)6-9/h7,10H,3-6H2,1-2H3/t7-,9+/m0/s1. The van der Waals surface area contributed by atoms with Crippen LogP contribution < -0.4 is 0 Å². The van der Waals surface area contributed by atoms with Gasteiger partial charge in [0.05, 0.1) is 18.6 Å². The van der Waals surface area contributed by atoms with Crippen molar-refractivity contribution in [2.24, 2.45) is 5.41 Å². The molecule has 0 aromatic carbocycles. The summed E-state index contributed by atoms with van der Waals surface area (Å²) in [5.41, 5.74) is -0.395. The van der Waals surface area contributed by atoms with E-state index in [1.165, 1.54) is 7.11 Å². The summed E-state index contributed by atoms with van der Waals surface area (Å²) >= 11 is 0. The van der Waals surface area contributed by atoms with Crippen LogP contribution in [0.25, 0.3) is 0 Å². The number of carbonyl (C=O) groups excluding carboxylic acids is 1. The van der Waals surface area contributed by atoms with Gasteiger partial charge in [0.25, 0.3) is 0 Å². The Labute approximate surface area is 72.7 Å². The highest BCUT2D eigenvalue weighted by atomic mass is 16.5. The van der Waals surface area contributed by atoms with Gasteiger partial charge in [-0.25, -0.2) is 0 Å². The van der Waals surface area contributed by atoms with Gasteiger partial charge in [-0.2, -0.15) is 0 Å². The summed E-state index contributed by atoms with van der Waals surface area (Å²) in [7, 11) is 1.41. The molecular weight excluding hydrogens is 156 g/mol. The molecule has 1 N–H and O–H groups in total. The van der Waals surface area contributed by atoms with Crippen molar-refractivity contribution in [1.29, 1.82) is 0 Å². The molecule has 12 heavy (non-hydrogen) atoms. The number of ether oxygens (including phenoxy) is 1. The number of carbonyl (C=O) groups is 1. The van der Waals surface area contributed by atoms with E-state index in [4.69, 9.17) is 4.74 Å². The second-order valence-electron chi connectivity index (χ2n) is 3.52. The van der Waals surface area contributed by atoms with Crippen LogP contribution in [0.5, 0.6) is 0 Å². The van der Waals surface area contributed by atoms with Gasteiger partial charge in [-0.05, 0) is 25.7 Å². The van der Waals surface area contributed by atoms with E-state index in [0.717, 1.165) is 19.3 Å². The smallest absolute Gasteiger partial charge is 0.311 e. The van der Waals surface area contributed by atoms with Crippen molar-refractivity contribution in [2.75, 3.05) is 7.11 Å². The van der Waals surface area contributed by atoms with E-state index in [0.29, 0.717) is 6.42 Å². The Morgan fingerprint density at radius 3 is 2.75 bits per heavy atom. The zero-order valence-corrected chi connectivity index (χ0v) is 7.67. The van der Waals surface area contributed by atoms with Crippen LogP contribution >= 0.6 is 0 Å². The topological polar surface area (TPSA) is 46.5 Å². The lowest BCUT2D eigenvalue weighted by molar-refractivity contribution is -0.153. The van der Waals surface area contributed by atoms with Crippen molar-refractivity contribution < 1.29 is 14.6 Å². The number of esters is 1. The van der Waals surface area contributed by atoms with Crippen LogP contribution in [0.1, 0.15) is 32.6 Å². The average molecular weight is 172 g/mol. The van der Waals surface area contributed by atoms with Gasteiger partial charge in [0.15, 0.2) is 0 Å². The molecule has 0 spiro atoms. The minimum atomic E-state index is -0.395. The Hall–Kier alpha value is -0.570. The Kier molecular flexibility index (Phi) is 2.73. The molecule has 1 rings (SSSR count). The number of rotatable bonds is 2. The molecule has 70 valence electrons. The zero-order valence-electron chi connectivity index (χ0n) is 7.67. The molecule has 1 fully saturated rings. The molecule has 0 radical (unpaired) electrons. The van der Waals surface area contributed by atoms with Crippen molar-refractivity contribution >= 4 is 5.97 Å². The highest BCUT2D eigenvalue weighted by molar-refractivity contribution is 5.77. The SMILES string of the molecule is CC[C@@]1(C(=O)OC)CC[C@H](O)C1. The van der Waals surface area contributed by atoms with E-state index >= 15 is 0 Å². The van der Waals surface area contributed by atoms with Gasteiger partial charge >= 0.3 is 5.97 Å². The molecular formula is C9H16O3. The first kappa shape index (κ1) is 9.52. The highest BCUT2D eigenvalue weighted by Crippen LogP contribution is 2.41. The van der Waals surface area contributed by atoms with E-state index in [-0.39, 0.29) is 12.1 Å². The molecule has 3 nitrogen and oxygen atoms in total. The first-order valence-electron chi connectivity index (χ1n) is 4.41. The molecule has 1 saturated carbocycles. The molecule has 0 unspecified atom stereocenters. The maximum atomic E-state index is 11.4. The van der Waals surface area contributed by atoms with Crippen molar-refractivity contribution in [3.63, 3.8) is 0 Å². The molecule has 0 amide bonds. The fraction of sp³-hybridized carbons (Fsp3) is 0.889. The monoisotopic (exact) mass is 172 g/mol. The van der Waals surface area contributed by atoms with Crippen LogP contribution in [-0.4, -0.2) is 24.3 Å². The molecule has 0 bridgehead atoms. The fourth-order valence-electron chi connectivity index (χ4n) is 1.97. The lowest BCUT2D eigenvalue weighted by Gasteiger charge is -2.23. The summed E-state index contributed by atoms with van der Waals surface area (Å²) < 4.78 is 4.73. The summed E-state index contributed by atoms with van der Waals surface area (Å²) in [5, 5.41) is 9.33. The van der Waals surface area contributed by atoms with Gasteiger partial charge in [-0.15, -0.1) is 0 Å². The Morgan fingerprint density at radius 2 is 2.42 bits per heavy atom. The summed E-state index contributed by atoms with van der Waals surface area (Å²) in [6.45, 7) is 1.97. The predicted molar refractivity (Wildman–Crippen MR) is 44.6 cm³/mol. The van der Waals surface area contributed by atoms with Crippen LogP contribution in [0.4, 0.5) is 0 Å². The van der Waals surface area contributed by atoms with Gasteiger partial charge < -0.3 is 9.84 Å². The molecule has 0 saturated heterocycles. The lowest BCUT2D eigenvalue weighted by atomic mass is 9.83. The summed E-state index contributed by atoms with van der Waals surface area (Å²) in [6.07, 6.45) is 2.50. The number of methoxy groups -OCH3 is 1. The van der Waals surface area contributed by atoms with Crippen molar-refractivity contribution in [3.8, 4) is 0 Å². The van der Waals surface area contributed by atoms with Gasteiger partial charge in [0.2, 0.25) is 0 Å². The number of hydrogen-bond acceptors (Lipinski definition) is 3. The second kappa shape index (κ2) is 3.44. The summed E-state index contributed by atoms with van der Waals surface area (Å²) in [5.74, 6) is -0.165. The minimum Gasteiger partial charge on any atom is -0.469 e. The maximum absolute atomic E-state index is 11.4. The van der Waals surface area contributed by atoms with Crippen molar-refractivity contribution in [1.82, 2.24) is 0 Å². The van der Waals surface area contributed by atoms with Gasteiger partial charge in [0.1, 0.15) is 0 Å². The van der Waals surface area contributed by atoms with Crippen LogP contribution in [0, 0.1) is 5.41 Å². The second-order valence-corrected chi connectivity index (χ2v) is 3.52. The molecule has 0 aromatic rings. The van der Waals surface area contributed by atoms with E-state index < -0.39 is 5.41 Å². The molecule has 3 heteroatoms. The van der Waals surface area contributed by atoms with E-state index in [9.17, 15) is 9.90 Å².